The summed E-state index contributed by atoms with van der Waals surface area (Å²) in [5.74, 6) is 0.941. The zero-order chi connectivity index (χ0) is 26.2. The van der Waals surface area contributed by atoms with Crippen LogP contribution in [-0.4, -0.2) is 41.2 Å². The molecule has 8 nitrogen and oxygen atoms in total. The Hall–Kier alpha value is -3.81. The van der Waals surface area contributed by atoms with Gasteiger partial charge in [0.05, 0.1) is 18.1 Å². The molecule has 8 heteroatoms. The molecule has 1 heterocycles. The summed E-state index contributed by atoms with van der Waals surface area (Å²) in [5, 5.41) is 0. The number of carbonyl (C=O) groups is 2. The number of amides is 1. The Bertz CT molecular complexity index is 1160. The van der Waals surface area contributed by atoms with Crippen LogP contribution < -0.4 is 4.74 Å². The summed E-state index contributed by atoms with van der Waals surface area (Å²) in [6.45, 7) is 4.16. The second-order valence-electron chi connectivity index (χ2n) is 9.63. The molecule has 3 aromatic rings. The van der Waals surface area contributed by atoms with Gasteiger partial charge >= 0.3 is 12.1 Å². The zero-order valence-electron chi connectivity index (χ0n) is 21.6. The molecule has 2 aromatic carbocycles. The van der Waals surface area contributed by atoms with Gasteiger partial charge in [-0.3, -0.25) is 4.79 Å². The van der Waals surface area contributed by atoms with Crippen molar-refractivity contribution in [2.45, 2.75) is 64.9 Å². The Kier molecular flexibility index (Phi) is 8.82. The normalized spacial score (nSPS) is 17.3. The molecule has 196 valence electrons. The molecule has 37 heavy (non-hydrogen) atoms. The van der Waals surface area contributed by atoms with Crippen molar-refractivity contribution in [1.29, 1.82) is 0 Å². The van der Waals surface area contributed by atoms with Crippen molar-refractivity contribution in [3.63, 3.8) is 0 Å². The number of nitrogens with zero attached hydrogens (tertiary/aromatic N) is 2. The third-order valence-corrected chi connectivity index (χ3v) is 6.28. The van der Waals surface area contributed by atoms with E-state index in [0.717, 1.165) is 36.1 Å². The summed E-state index contributed by atoms with van der Waals surface area (Å²) in [4.78, 5) is 30.6. The molecular formula is C29H34N2O6. The van der Waals surface area contributed by atoms with Crippen molar-refractivity contribution in [3.8, 4) is 17.0 Å². The SMILES string of the molecule is CC(C)OC(=O)[C@H]1CCC[C@H](Oc2ccc(-c3ncoc3COC(=O)N(C)Cc3ccccc3)cc2)C1. The fourth-order valence-corrected chi connectivity index (χ4v) is 4.45. The summed E-state index contributed by atoms with van der Waals surface area (Å²) in [5.41, 5.74) is 2.45. The maximum absolute atomic E-state index is 12.4. The minimum atomic E-state index is -0.446. The molecule has 0 aliphatic heterocycles. The Morgan fingerprint density at radius 2 is 1.84 bits per heavy atom. The lowest BCUT2D eigenvalue weighted by Crippen LogP contribution is -2.31. The molecule has 2 atom stereocenters. The lowest BCUT2D eigenvalue weighted by Gasteiger charge is -2.29. The van der Waals surface area contributed by atoms with E-state index in [0.29, 0.717) is 24.4 Å². The first kappa shape index (κ1) is 26.3. The van der Waals surface area contributed by atoms with Crippen LogP contribution in [-0.2, 0) is 27.4 Å². The van der Waals surface area contributed by atoms with Gasteiger partial charge in [-0.25, -0.2) is 9.78 Å². The molecule has 0 radical (unpaired) electrons. The van der Waals surface area contributed by atoms with Crippen LogP contribution in [0.1, 0.15) is 50.9 Å². The summed E-state index contributed by atoms with van der Waals surface area (Å²) < 4.78 is 22.5. The molecule has 0 spiro atoms. The minimum Gasteiger partial charge on any atom is -0.490 e. The van der Waals surface area contributed by atoms with Crippen LogP contribution in [0, 0.1) is 5.92 Å². The van der Waals surface area contributed by atoms with E-state index in [4.69, 9.17) is 18.6 Å². The van der Waals surface area contributed by atoms with Gasteiger partial charge in [0, 0.05) is 19.2 Å². The van der Waals surface area contributed by atoms with E-state index in [9.17, 15) is 9.59 Å². The van der Waals surface area contributed by atoms with E-state index in [-0.39, 0.29) is 30.7 Å². The molecule has 1 amide bonds. The second kappa shape index (κ2) is 12.4. The van der Waals surface area contributed by atoms with Gasteiger partial charge in [-0.2, -0.15) is 0 Å². The fraction of sp³-hybridized carbons (Fsp3) is 0.414. The lowest BCUT2D eigenvalue weighted by atomic mass is 9.87. The van der Waals surface area contributed by atoms with Crippen LogP contribution in [0.5, 0.6) is 5.75 Å². The van der Waals surface area contributed by atoms with Crippen LogP contribution >= 0.6 is 0 Å². The molecule has 0 saturated heterocycles. The molecule has 0 bridgehead atoms. The number of rotatable bonds is 9. The van der Waals surface area contributed by atoms with Crippen LogP contribution in [0.2, 0.25) is 0 Å². The largest absolute Gasteiger partial charge is 0.490 e. The van der Waals surface area contributed by atoms with Crippen LogP contribution in [0.3, 0.4) is 0 Å². The van der Waals surface area contributed by atoms with E-state index in [1.165, 1.54) is 11.3 Å². The number of hydrogen-bond donors (Lipinski definition) is 0. The Balaban J connectivity index is 1.31. The van der Waals surface area contributed by atoms with Gasteiger partial charge in [0.2, 0.25) is 0 Å². The van der Waals surface area contributed by atoms with Crippen molar-refractivity contribution in [2.75, 3.05) is 7.05 Å². The van der Waals surface area contributed by atoms with Crippen LogP contribution in [0.15, 0.2) is 65.4 Å². The van der Waals surface area contributed by atoms with Gasteiger partial charge in [-0.05, 0) is 69.4 Å². The predicted molar refractivity (Wildman–Crippen MR) is 138 cm³/mol. The summed E-state index contributed by atoms with van der Waals surface area (Å²) in [7, 11) is 1.69. The highest BCUT2D eigenvalue weighted by molar-refractivity contribution is 5.72. The van der Waals surface area contributed by atoms with E-state index >= 15 is 0 Å². The Morgan fingerprint density at radius 3 is 2.57 bits per heavy atom. The number of carbonyl (C=O) groups excluding carboxylic acids is 2. The van der Waals surface area contributed by atoms with Gasteiger partial charge in [0.1, 0.15) is 11.4 Å². The first-order chi connectivity index (χ1) is 17.9. The molecule has 1 aliphatic carbocycles. The quantitative estimate of drug-likeness (QED) is 0.329. The third-order valence-electron chi connectivity index (χ3n) is 6.28. The van der Waals surface area contributed by atoms with E-state index in [1.54, 1.807) is 7.05 Å². The number of benzene rings is 2. The number of esters is 1. The molecule has 4 rings (SSSR count). The molecule has 1 saturated carbocycles. The molecular weight excluding hydrogens is 472 g/mol. The van der Waals surface area contributed by atoms with Crippen molar-refractivity contribution in [2.24, 2.45) is 5.92 Å². The van der Waals surface area contributed by atoms with Crippen molar-refractivity contribution >= 4 is 12.1 Å². The van der Waals surface area contributed by atoms with Gasteiger partial charge in [-0.1, -0.05) is 30.3 Å². The Labute approximate surface area is 217 Å². The second-order valence-corrected chi connectivity index (χ2v) is 9.63. The van der Waals surface area contributed by atoms with Gasteiger partial charge in [-0.15, -0.1) is 0 Å². The summed E-state index contributed by atoms with van der Waals surface area (Å²) in [6.07, 6.45) is 4.09. The maximum atomic E-state index is 12.4. The maximum Gasteiger partial charge on any atom is 0.410 e. The van der Waals surface area contributed by atoms with Crippen LogP contribution in [0.4, 0.5) is 4.79 Å². The number of oxazole rings is 1. The van der Waals surface area contributed by atoms with Gasteiger partial charge in [0.25, 0.3) is 0 Å². The van der Waals surface area contributed by atoms with E-state index < -0.39 is 6.09 Å². The summed E-state index contributed by atoms with van der Waals surface area (Å²) >= 11 is 0. The highest BCUT2D eigenvalue weighted by Crippen LogP contribution is 2.30. The van der Waals surface area contributed by atoms with Crippen molar-refractivity contribution < 1.29 is 28.2 Å². The smallest absolute Gasteiger partial charge is 0.410 e. The molecule has 1 aromatic heterocycles. The topological polar surface area (TPSA) is 91.1 Å². The molecule has 0 N–H and O–H groups in total. The molecule has 0 unspecified atom stereocenters. The van der Waals surface area contributed by atoms with Gasteiger partial charge in [0.15, 0.2) is 18.8 Å². The average molecular weight is 507 g/mol. The van der Waals surface area contributed by atoms with Crippen molar-refractivity contribution in [1.82, 2.24) is 9.88 Å². The highest BCUT2D eigenvalue weighted by atomic mass is 16.6. The number of aromatic nitrogens is 1. The summed E-state index contributed by atoms with van der Waals surface area (Å²) in [6, 6.07) is 17.3. The Morgan fingerprint density at radius 1 is 1.08 bits per heavy atom. The standard InChI is InChI=1S/C29H34N2O6/c1-20(2)36-28(32)23-10-7-11-25(16-23)37-24-14-12-22(13-15-24)27-26(35-19-30-27)18-34-29(33)31(3)17-21-8-5-4-6-9-21/h4-6,8-9,12-15,19-20,23,25H,7,10-11,16-18H2,1-3H3/t23-,25-/m0/s1. The van der Waals surface area contributed by atoms with Crippen LogP contribution in [0.25, 0.3) is 11.3 Å². The highest BCUT2D eigenvalue weighted by Gasteiger charge is 2.30. The molecule has 1 fully saturated rings. The van der Waals surface area contributed by atoms with Crippen molar-refractivity contribution in [3.05, 3.63) is 72.3 Å². The minimum absolute atomic E-state index is 0.0263. The van der Waals surface area contributed by atoms with E-state index in [2.05, 4.69) is 4.98 Å². The monoisotopic (exact) mass is 506 g/mol. The van der Waals surface area contributed by atoms with E-state index in [1.807, 2.05) is 68.4 Å². The fourth-order valence-electron chi connectivity index (χ4n) is 4.45. The first-order valence-corrected chi connectivity index (χ1v) is 12.7. The number of ether oxygens (including phenoxy) is 3. The van der Waals surface area contributed by atoms with Gasteiger partial charge < -0.3 is 23.5 Å². The number of hydrogen-bond acceptors (Lipinski definition) is 7. The first-order valence-electron chi connectivity index (χ1n) is 12.7. The average Bonchev–Trinajstić information content (AvgIpc) is 3.37. The lowest BCUT2D eigenvalue weighted by molar-refractivity contribution is -0.154. The zero-order valence-corrected chi connectivity index (χ0v) is 21.6. The predicted octanol–water partition coefficient (Wildman–Crippen LogP) is 6.00. The third kappa shape index (κ3) is 7.35. The molecule has 1 aliphatic rings.